The maximum atomic E-state index is 12.5. The highest BCUT2D eigenvalue weighted by atomic mass is 16.5. The van der Waals surface area contributed by atoms with Gasteiger partial charge in [-0.15, -0.1) is 0 Å². The third-order valence-electron chi connectivity index (χ3n) is 3.83. The highest BCUT2D eigenvalue weighted by Gasteiger charge is 2.15. The van der Waals surface area contributed by atoms with E-state index in [0.717, 1.165) is 16.8 Å². The zero-order valence-corrected chi connectivity index (χ0v) is 14.3. The monoisotopic (exact) mass is 337 g/mol. The molecule has 1 amide bonds. The molecule has 3 aromatic rings. The van der Waals surface area contributed by atoms with Crippen LogP contribution in [0.1, 0.15) is 15.9 Å². The van der Waals surface area contributed by atoms with Gasteiger partial charge in [0.15, 0.2) is 17.3 Å². The second-order valence-corrected chi connectivity index (χ2v) is 5.52. The van der Waals surface area contributed by atoms with Gasteiger partial charge in [-0.2, -0.15) is 5.10 Å². The van der Waals surface area contributed by atoms with Crippen molar-refractivity contribution in [2.75, 3.05) is 19.5 Å². The van der Waals surface area contributed by atoms with E-state index in [1.165, 1.54) is 0 Å². The van der Waals surface area contributed by atoms with Gasteiger partial charge in [0.05, 0.1) is 19.9 Å². The molecule has 0 spiro atoms. The number of carbonyl (C=O) groups is 1. The van der Waals surface area contributed by atoms with E-state index in [2.05, 4.69) is 15.5 Å². The Kier molecular flexibility index (Phi) is 4.70. The minimum atomic E-state index is -0.268. The van der Waals surface area contributed by atoms with Gasteiger partial charge >= 0.3 is 0 Å². The molecule has 3 rings (SSSR count). The Morgan fingerprint density at radius 2 is 1.84 bits per heavy atom. The maximum absolute atomic E-state index is 12.5. The first kappa shape index (κ1) is 16.6. The summed E-state index contributed by atoms with van der Waals surface area (Å²) in [6.07, 6.45) is 0. The summed E-state index contributed by atoms with van der Waals surface area (Å²) in [5.41, 5.74) is 3.12. The fourth-order valence-corrected chi connectivity index (χ4v) is 2.63. The van der Waals surface area contributed by atoms with Crippen molar-refractivity contribution in [1.29, 1.82) is 0 Å². The topological polar surface area (TPSA) is 76.2 Å². The lowest BCUT2D eigenvalue weighted by Gasteiger charge is -2.12. The molecule has 0 atom stereocenters. The first-order valence-corrected chi connectivity index (χ1v) is 7.77. The Bertz CT molecular complexity index is 888. The number of nitrogens with zero attached hydrogens (tertiary/aromatic N) is 1. The van der Waals surface area contributed by atoms with Crippen LogP contribution in [0.25, 0.3) is 11.3 Å². The summed E-state index contributed by atoms with van der Waals surface area (Å²) in [6.45, 7) is 1.86. The summed E-state index contributed by atoms with van der Waals surface area (Å²) in [5.74, 6) is 1.32. The second kappa shape index (κ2) is 7.09. The van der Waals surface area contributed by atoms with E-state index >= 15 is 0 Å². The molecule has 1 heterocycles. The van der Waals surface area contributed by atoms with Crippen LogP contribution in [0.4, 0.5) is 5.82 Å². The van der Waals surface area contributed by atoms with Gasteiger partial charge in [-0.25, -0.2) is 0 Å². The molecule has 0 aliphatic rings. The summed E-state index contributed by atoms with van der Waals surface area (Å²) in [4.78, 5) is 12.5. The molecule has 6 heteroatoms. The number of amides is 1. The van der Waals surface area contributed by atoms with Gasteiger partial charge in [0.25, 0.3) is 5.91 Å². The van der Waals surface area contributed by atoms with Crippen LogP contribution >= 0.6 is 0 Å². The van der Waals surface area contributed by atoms with Crippen molar-refractivity contribution in [3.8, 4) is 22.8 Å². The Labute approximate surface area is 145 Å². The van der Waals surface area contributed by atoms with E-state index in [0.29, 0.717) is 22.9 Å². The molecular weight excluding hydrogens is 318 g/mol. The smallest absolute Gasteiger partial charge is 0.257 e. The van der Waals surface area contributed by atoms with Crippen LogP contribution in [0.15, 0.2) is 48.5 Å². The van der Waals surface area contributed by atoms with Gasteiger partial charge < -0.3 is 14.8 Å². The Balaban J connectivity index is 1.81. The third kappa shape index (κ3) is 3.47. The van der Waals surface area contributed by atoms with Gasteiger partial charge in [-0.3, -0.25) is 9.89 Å². The maximum Gasteiger partial charge on any atom is 0.257 e. The molecule has 0 aliphatic carbocycles. The fraction of sp³-hybridized carbons (Fsp3) is 0.158. The van der Waals surface area contributed by atoms with Crippen LogP contribution in [0, 0.1) is 6.92 Å². The number of aromatic nitrogens is 2. The molecule has 0 bridgehead atoms. The molecule has 0 saturated carbocycles. The molecule has 2 N–H and O–H groups in total. The van der Waals surface area contributed by atoms with Crippen molar-refractivity contribution in [3.05, 3.63) is 59.7 Å². The summed E-state index contributed by atoms with van der Waals surface area (Å²) in [5, 5.41) is 9.85. The van der Waals surface area contributed by atoms with Gasteiger partial charge in [0.2, 0.25) is 0 Å². The van der Waals surface area contributed by atoms with E-state index in [9.17, 15) is 4.79 Å². The van der Waals surface area contributed by atoms with Gasteiger partial charge in [0.1, 0.15) is 0 Å². The number of aromatic amines is 1. The molecule has 0 unspecified atom stereocenters. The summed E-state index contributed by atoms with van der Waals surface area (Å²) in [7, 11) is 3.11. The van der Waals surface area contributed by atoms with E-state index < -0.39 is 0 Å². The zero-order chi connectivity index (χ0) is 17.8. The summed E-state index contributed by atoms with van der Waals surface area (Å²) >= 11 is 0. The van der Waals surface area contributed by atoms with Crippen LogP contribution in [-0.2, 0) is 0 Å². The molecule has 0 aliphatic heterocycles. The van der Waals surface area contributed by atoms with E-state index in [-0.39, 0.29) is 5.91 Å². The summed E-state index contributed by atoms with van der Waals surface area (Å²) in [6, 6.07) is 15.0. The highest BCUT2D eigenvalue weighted by Crippen LogP contribution is 2.32. The SMILES string of the molecule is COc1cc(C(=O)Nc2cc(-c3ccccc3)[nH]n2)cc(C)c1OC. The fourth-order valence-electron chi connectivity index (χ4n) is 2.63. The number of nitrogens with one attached hydrogen (secondary N) is 2. The average Bonchev–Trinajstić information content (AvgIpc) is 3.10. The van der Waals surface area contributed by atoms with Crippen molar-refractivity contribution in [3.63, 3.8) is 0 Å². The number of methoxy groups -OCH3 is 2. The number of H-pyrrole nitrogens is 1. The van der Waals surface area contributed by atoms with E-state index in [4.69, 9.17) is 9.47 Å². The Morgan fingerprint density at radius 1 is 1.08 bits per heavy atom. The highest BCUT2D eigenvalue weighted by molar-refractivity contribution is 6.04. The molecule has 0 fully saturated rings. The third-order valence-corrected chi connectivity index (χ3v) is 3.83. The number of anilines is 1. The van der Waals surface area contributed by atoms with Gasteiger partial charge in [-0.05, 0) is 30.2 Å². The van der Waals surface area contributed by atoms with Crippen molar-refractivity contribution in [2.45, 2.75) is 6.92 Å². The standard InChI is InChI=1S/C19H19N3O3/c1-12-9-14(10-16(24-2)18(12)25-3)19(23)20-17-11-15(21-22-17)13-7-5-4-6-8-13/h4-11H,1-3H3,(H2,20,21,22,23). The lowest BCUT2D eigenvalue weighted by Crippen LogP contribution is -2.13. The molecule has 0 radical (unpaired) electrons. The normalized spacial score (nSPS) is 10.4. The Morgan fingerprint density at radius 3 is 2.52 bits per heavy atom. The molecule has 128 valence electrons. The first-order valence-electron chi connectivity index (χ1n) is 7.77. The minimum absolute atomic E-state index is 0.268. The minimum Gasteiger partial charge on any atom is -0.493 e. The number of aryl methyl sites for hydroxylation is 1. The number of carbonyl (C=O) groups excluding carboxylic acids is 1. The number of hydrogen-bond donors (Lipinski definition) is 2. The van der Waals surface area contributed by atoms with Crippen LogP contribution in [0.2, 0.25) is 0 Å². The quantitative estimate of drug-likeness (QED) is 0.745. The van der Waals surface area contributed by atoms with E-state index in [1.807, 2.05) is 37.3 Å². The number of ether oxygens (including phenoxy) is 2. The first-order chi connectivity index (χ1) is 12.1. The number of benzene rings is 2. The van der Waals surface area contributed by atoms with Crippen molar-refractivity contribution >= 4 is 11.7 Å². The lowest BCUT2D eigenvalue weighted by atomic mass is 10.1. The van der Waals surface area contributed by atoms with Crippen LogP contribution < -0.4 is 14.8 Å². The molecular formula is C19H19N3O3. The second-order valence-electron chi connectivity index (χ2n) is 5.52. The molecule has 6 nitrogen and oxygen atoms in total. The predicted molar refractivity (Wildman–Crippen MR) is 96.3 cm³/mol. The molecule has 25 heavy (non-hydrogen) atoms. The van der Waals surface area contributed by atoms with Crippen LogP contribution in [0.3, 0.4) is 0 Å². The number of hydrogen-bond acceptors (Lipinski definition) is 4. The zero-order valence-electron chi connectivity index (χ0n) is 14.3. The molecule has 1 aromatic heterocycles. The van der Waals surface area contributed by atoms with Gasteiger partial charge in [0, 0.05) is 11.6 Å². The van der Waals surface area contributed by atoms with E-state index in [1.54, 1.807) is 32.4 Å². The van der Waals surface area contributed by atoms with Crippen molar-refractivity contribution < 1.29 is 14.3 Å². The van der Waals surface area contributed by atoms with Crippen molar-refractivity contribution in [2.24, 2.45) is 0 Å². The van der Waals surface area contributed by atoms with Crippen LogP contribution in [-0.4, -0.2) is 30.3 Å². The Hall–Kier alpha value is -3.28. The van der Waals surface area contributed by atoms with Crippen molar-refractivity contribution in [1.82, 2.24) is 10.2 Å². The average molecular weight is 337 g/mol. The van der Waals surface area contributed by atoms with Gasteiger partial charge in [-0.1, -0.05) is 30.3 Å². The largest absolute Gasteiger partial charge is 0.493 e. The molecule has 2 aromatic carbocycles. The lowest BCUT2D eigenvalue weighted by molar-refractivity contribution is 0.102. The summed E-state index contributed by atoms with van der Waals surface area (Å²) < 4.78 is 10.6. The number of rotatable bonds is 5. The predicted octanol–water partition coefficient (Wildman–Crippen LogP) is 3.65. The van der Waals surface area contributed by atoms with Crippen LogP contribution in [0.5, 0.6) is 11.5 Å². The molecule has 0 saturated heterocycles.